The molecule has 0 unspecified atom stereocenters. The quantitative estimate of drug-likeness (QED) is 0.569. The first kappa shape index (κ1) is 18.5. The van der Waals surface area contributed by atoms with Crippen LogP contribution in [0.15, 0.2) is 72.9 Å². The predicted molar refractivity (Wildman–Crippen MR) is 103 cm³/mol. The average molecular weight is 382 g/mol. The summed E-state index contributed by atoms with van der Waals surface area (Å²) in [6, 6.07) is 18.0. The molecule has 0 aliphatic heterocycles. The van der Waals surface area contributed by atoms with Gasteiger partial charge in [-0.2, -0.15) is 0 Å². The minimum atomic E-state index is -0.989. The van der Waals surface area contributed by atoms with E-state index in [9.17, 15) is 4.79 Å². The van der Waals surface area contributed by atoms with Crippen LogP contribution in [0.4, 0.5) is 0 Å². The fraction of sp³-hybridized carbons (Fsp3) is 0.0476. The molecule has 2 aromatic carbocycles. The Labute approximate surface area is 161 Å². The van der Waals surface area contributed by atoms with Gasteiger partial charge in [-0.1, -0.05) is 41.9 Å². The highest BCUT2D eigenvalue weighted by Crippen LogP contribution is 2.23. The van der Waals surface area contributed by atoms with Crippen molar-refractivity contribution in [2.45, 2.75) is 6.61 Å². The molecule has 0 aliphatic carbocycles. The number of carbonyl (C=O) groups is 1. The highest BCUT2D eigenvalue weighted by Gasteiger charge is 2.03. The van der Waals surface area contributed by atoms with Gasteiger partial charge in [0.15, 0.2) is 0 Å². The van der Waals surface area contributed by atoms with Crippen LogP contribution in [0.2, 0.25) is 5.02 Å². The van der Waals surface area contributed by atoms with Crippen molar-refractivity contribution in [1.29, 1.82) is 0 Å². The molecule has 1 heterocycles. The Hall–Kier alpha value is -3.31. The van der Waals surface area contributed by atoms with E-state index in [1.54, 1.807) is 42.6 Å². The number of pyridine rings is 1. The Morgan fingerprint density at radius 2 is 1.78 bits per heavy atom. The van der Waals surface area contributed by atoms with Gasteiger partial charge >= 0.3 is 5.97 Å². The van der Waals surface area contributed by atoms with Crippen molar-refractivity contribution < 1.29 is 19.4 Å². The third kappa shape index (κ3) is 5.59. The normalized spacial score (nSPS) is 10.7. The second kappa shape index (κ2) is 8.87. The SMILES string of the molecule is O=C(O)/C=C/c1ccc(Oc2ccc(OCc3ccccc3Cl)cn2)cc1. The third-order valence-electron chi connectivity index (χ3n) is 3.58. The molecule has 0 amide bonds. The fourth-order valence-electron chi connectivity index (χ4n) is 2.22. The van der Waals surface area contributed by atoms with Gasteiger partial charge in [0.05, 0.1) is 6.20 Å². The van der Waals surface area contributed by atoms with Crippen LogP contribution in [-0.4, -0.2) is 16.1 Å². The summed E-state index contributed by atoms with van der Waals surface area (Å²) >= 11 is 6.10. The van der Waals surface area contributed by atoms with E-state index in [0.29, 0.717) is 29.0 Å². The first-order valence-corrected chi connectivity index (χ1v) is 8.49. The molecule has 3 aromatic rings. The number of nitrogens with zero attached hydrogens (tertiary/aromatic N) is 1. The van der Waals surface area contributed by atoms with Gasteiger partial charge in [0.25, 0.3) is 0 Å². The summed E-state index contributed by atoms with van der Waals surface area (Å²) in [6.45, 7) is 0.354. The molecule has 0 atom stereocenters. The number of carboxylic acids is 1. The molecule has 0 bridgehead atoms. The van der Waals surface area contributed by atoms with Crippen molar-refractivity contribution in [2.24, 2.45) is 0 Å². The zero-order valence-corrected chi connectivity index (χ0v) is 15.0. The van der Waals surface area contributed by atoms with Gasteiger partial charge < -0.3 is 14.6 Å². The maximum Gasteiger partial charge on any atom is 0.328 e. The number of hydrogen-bond donors (Lipinski definition) is 1. The summed E-state index contributed by atoms with van der Waals surface area (Å²) < 4.78 is 11.3. The summed E-state index contributed by atoms with van der Waals surface area (Å²) in [6.07, 6.45) is 4.17. The van der Waals surface area contributed by atoms with E-state index < -0.39 is 5.97 Å². The first-order chi connectivity index (χ1) is 13.1. The van der Waals surface area contributed by atoms with E-state index in [1.165, 1.54) is 6.08 Å². The average Bonchev–Trinajstić information content (AvgIpc) is 2.68. The van der Waals surface area contributed by atoms with Crippen molar-refractivity contribution in [1.82, 2.24) is 4.98 Å². The third-order valence-corrected chi connectivity index (χ3v) is 3.95. The summed E-state index contributed by atoms with van der Waals surface area (Å²) in [5, 5.41) is 9.29. The van der Waals surface area contributed by atoms with Crippen molar-refractivity contribution >= 4 is 23.6 Å². The Kier molecular flexibility index (Phi) is 6.07. The Morgan fingerprint density at radius 3 is 2.44 bits per heavy atom. The predicted octanol–water partition coefficient (Wildman–Crippen LogP) is 5.20. The molecule has 136 valence electrons. The molecule has 0 spiro atoms. The van der Waals surface area contributed by atoms with Crippen LogP contribution in [0.1, 0.15) is 11.1 Å². The number of rotatable bonds is 7. The molecule has 0 aliphatic rings. The lowest BCUT2D eigenvalue weighted by atomic mass is 10.2. The second-order valence-electron chi connectivity index (χ2n) is 5.55. The fourth-order valence-corrected chi connectivity index (χ4v) is 2.41. The van der Waals surface area contributed by atoms with Crippen LogP contribution in [0.5, 0.6) is 17.4 Å². The standard InChI is InChI=1S/C21H16ClNO4/c22-19-4-2-1-3-16(19)14-26-18-10-11-20(23-13-18)27-17-8-5-15(6-9-17)7-12-21(24)25/h1-13H,14H2,(H,24,25)/b12-7+. The zero-order valence-electron chi connectivity index (χ0n) is 14.2. The van der Waals surface area contributed by atoms with Gasteiger partial charge in [0, 0.05) is 22.7 Å². The van der Waals surface area contributed by atoms with E-state index in [1.807, 2.05) is 24.3 Å². The smallest absolute Gasteiger partial charge is 0.328 e. The Bertz CT molecular complexity index is 937. The number of hydrogen-bond acceptors (Lipinski definition) is 4. The molecule has 3 rings (SSSR count). The summed E-state index contributed by atoms with van der Waals surface area (Å²) in [4.78, 5) is 14.7. The lowest BCUT2D eigenvalue weighted by molar-refractivity contribution is -0.131. The maximum atomic E-state index is 10.5. The first-order valence-electron chi connectivity index (χ1n) is 8.11. The van der Waals surface area contributed by atoms with Gasteiger partial charge in [-0.05, 0) is 35.9 Å². The van der Waals surface area contributed by atoms with E-state index in [4.69, 9.17) is 26.2 Å². The molecule has 0 saturated heterocycles. The largest absolute Gasteiger partial charge is 0.487 e. The number of benzene rings is 2. The Morgan fingerprint density at radius 1 is 1.04 bits per heavy atom. The highest BCUT2D eigenvalue weighted by atomic mass is 35.5. The van der Waals surface area contributed by atoms with Crippen molar-refractivity contribution in [2.75, 3.05) is 0 Å². The molecule has 5 nitrogen and oxygen atoms in total. The molecular weight excluding hydrogens is 366 g/mol. The molecule has 1 N–H and O–H groups in total. The topological polar surface area (TPSA) is 68.7 Å². The van der Waals surface area contributed by atoms with Crippen LogP contribution < -0.4 is 9.47 Å². The molecule has 27 heavy (non-hydrogen) atoms. The number of carboxylic acid groups (broad SMARTS) is 1. The minimum absolute atomic E-state index is 0.354. The van der Waals surface area contributed by atoms with Crippen LogP contribution in [0.3, 0.4) is 0 Å². The minimum Gasteiger partial charge on any atom is -0.487 e. The van der Waals surface area contributed by atoms with E-state index in [0.717, 1.165) is 17.2 Å². The summed E-state index contributed by atoms with van der Waals surface area (Å²) in [5.74, 6) is 0.640. The van der Waals surface area contributed by atoms with Crippen molar-refractivity contribution in [3.8, 4) is 17.4 Å². The van der Waals surface area contributed by atoms with Crippen LogP contribution in [0, 0.1) is 0 Å². The number of aromatic nitrogens is 1. The number of halogens is 1. The molecule has 1 aromatic heterocycles. The van der Waals surface area contributed by atoms with Crippen LogP contribution in [-0.2, 0) is 11.4 Å². The molecule has 6 heteroatoms. The van der Waals surface area contributed by atoms with Gasteiger partial charge in [-0.25, -0.2) is 9.78 Å². The number of aliphatic carboxylic acids is 1. The van der Waals surface area contributed by atoms with Crippen LogP contribution in [0.25, 0.3) is 6.08 Å². The summed E-state index contributed by atoms with van der Waals surface area (Å²) in [5.41, 5.74) is 1.66. The van der Waals surface area contributed by atoms with Gasteiger partial charge in [-0.3, -0.25) is 0 Å². The molecule has 0 fully saturated rings. The van der Waals surface area contributed by atoms with Gasteiger partial charge in [0.1, 0.15) is 18.1 Å². The lowest BCUT2D eigenvalue weighted by Crippen LogP contribution is -1.97. The van der Waals surface area contributed by atoms with E-state index >= 15 is 0 Å². The molecular formula is C21H16ClNO4. The van der Waals surface area contributed by atoms with Gasteiger partial charge in [0.2, 0.25) is 5.88 Å². The van der Waals surface area contributed by atoms with E-state index in [2.05, 4.69) is 4.98 Å². The van der Waals surface area contributed by atoms with Crippen molar-refractivity contribution in [3.63, 3.8) is 0 Å². The van der Waals surface area contributed by atoms with Crippen molar-refractivity contribution in [3.05, 3.63) is 89.1 Å². The van der Waals surface area contributed by atoms with Gasteiger partial charge in [-0.15, -0.1) is 0 Å². The Balaban J connectivity index is 1.57. The van der Waals surface area contributed by atoms with E-state index in [-0.39, 0.29) is 0 Å². The van der Waals surface area contributed by atoms with Crippen LogP contribution >= 0.6 is 11.6 Å². The zero-order chi connectivity index (χ0) is 19.1. The maximum absolute atomic E-state index is 10.5. The molecule has 0 radical (unpaired) electrons. The summed E-state index contributed by atoms with van der Waals surface area (Å²) in [7, 11) is 0. The highest BCUT2D eigenvalue weighted by molar-refractivity contribution is 6.31. The number of ether oxygens (including phenoxy) is 2. The second-order valence-corrected chi connectivity index (χ2v) is 5.96. The molecule has 0 saturated carbocycles. The monoisotopic (exact) mass is 381 g/mol. The lowest BCUT2D eigenvalue weighted by Gasteiger charge is -2.09.